The minimum Gasteiger partial charge on any atom is -0.357 e. The molecule has 1 aliphatic rings. The van der Waals surface area contributed by atoms with Crippen LogP contribution >= 0.6 is 24.0 Å². The summed E-state index contributed by atoms with van der Waals surface area (Å²) in [6.45, 7) is 4.13. The Hall–Kier alpha value is -1.17. The molecule has 4 nitrogen and oxygen atoms in total. The molecular formula is C18H26F5IN4. The number of hydrogen-bond donors (Lipinski definition) is 2. The van der Waals surface area contributed by atoms with Gasteiger partial charge in [-0.25, -0.2) is 8.78 Å². The number of aliphatic imine (C=N–C) groups is 1. The van der Waals surface area contributed by atoms with Crippen LogP contribution in [0.4, 0.5) is 22.0 Å². The Kier molecular flexibility index (Phi) is 10.4. The van der Waals surface area contributed by atoms with Gasteiger partial charge in [-0.2, -0.15) is 13.2 Å². The van der Waals surface area contributed by atoms with Crippen LogP contribution in [0.15, 0.2) is 23.2 Å². The first-order valence-corrected chi connectivity index (χ1v) is 9.04. The van der Waals surface area contributed by atoms with Gasteiger partial charge in [0.25, 0.3) is 0 Å². The lowest BCUT2D eigenvalue weighted by atomic mass is 10.0. The van der Waals surface area contributed by atoms with Crippen LogP contribution in [0.5, 0.6) is 0 Å². The maximum absolute atomic E-state index is 13.3. The van der Waals surface area contributed by atoms with E-state index in [4.69, 9.17) is 0 Å². The number of benzene rings is 1. The number of halogens is 6. The van der Waals surface area contributed by atoms with Gasteiger partial charge in [0.1, 0.15) is 0 Å². The molecule has 0 aromatic heterocycles. The minimum absolute atomic E-state index is 0. The van der Waals surface area contributed by atoms with E-state index in [9.17, 15) is 22.0 Å². The number of nitrogens with one attached hydrogen (secondary N) is 2. The molecule has 1 fully saturated rings. The standard InChI is InChI=1S/C18H25F5N4.HI/c1-2-24-17(25-8-7-18(21,22)23)26-14-5-9-27(10-6-14)12-13-3-4-15(19)16(20)11-13;/h3-4,11,14H,2,5-10,12H2,1H3,(H2,24,25,26);1H. The third-order valence-electron chi connectivity index (χ3n) is 4.33. The highest BCUT2D eigenvalue weighted by molar-refractivity contribution is 14.0. The number of rotatable bonds is 6. The van der Waals surface area contributed by atoms with Crippen molar-refractivity contribution in [2.75, 3.05) is 26.2 Å². The molecule has 10 heteroatoms. The van der Waals surface area contributed by atoms with Gasteiger partial charge < -0.3 is 10.6 Å². The van der Waals surface area contributed by atoms with Crippen LogP contribution in [0.25, 0.3) is 0 Å². The third-order valence-corrected chi connectivity index (χ3v) is 4.33. The molecule has 0 radical (unpaired) electrons. The minimum atomic E-state index is -4.22. The van der Waals surface area contributed by atoms with Crippen LogP contribution in [0, 0.1) is 11.6 Å². The molecule has 0 unspecified atom stereocenters. The normalized spacial score (nSPS) is 16.6. The second-order valence-corrected chi connectivity index (χ2v) is 6.57. The predicted molar refractivity (Wildman–Crippen MR) is 110 cm³/mol. The third kappa shape index (κ3) is 8.89. The van der Waals surface area contributed by atoms with Crippen LogP contribution in [0.3, 0.4) is 0 Å². The average Bonchev–Trinajstić information content (AvgIpc) is 2.59. The molecule has 28 heavy (non-hydrogen) atoms. The molecular weight excluding hydrogens is 494 g/mol. The van der Waals surface area contributed by atoms with Crippen LogP contribution in [-0.2, 0) is 6.54 Å². The second kappa shape index (κ2) is 11.7. The summed E-state index contributed by atoms with van der Waals surface area (Å²) in [6.07, 6.45) is -3.59. The number of likely N-dealkylation sites (tertiary alicyclic amines) is 1. The number of alkyl halides is 3. The van der Waals surface area contributed by atoms with Crippen LogP contribution in [-0.4, -0.2) is 49.3 Å². The molecule has 1 aromatic rings. The van der Waals surface area contributed by atoms with Gasteiger partial charge >= 0.3 is 6.18 Å². The number of hydrogen-bond acceptors (Lipinski definition) is 2. The molecule has 0 atom stereocenters. The highest BCUT2D eigenvalue weighted by Crippen LogP contribution is 2.19. The zero-order chi connectivity index (χ0) is 19.9. The van der Waals surface area contributed by atoms with Gasteiger partial charge in [0.05, 0.1) is 13.0 Å². The molecule has 0 saturated carbocycles. The Labute approximate surface area is 179 Å². The van der Waals surface area contributed by atoms with Gasteiger partial charge in [-0.3, -0.25) is 9.89 Å². The van der Waals surface area contributed by atoms with E-state index in [0.29, 0.717) is 24.6 Å². The lowest BCUT2D eigenvalue weighted by Gasteiger charge is -2.33. The van der Waals surface area contributed by atoms with E-state index < -0.39 is 24.2 Å². The Bertz CT molecular complexity index is 631. The van der Waals surface area contributed by atoms with Gasteiger partial charge in [-0.15, -0.1) is 24.0 Å². The summed E-state index contributed by atoms with van der Waals surface area (Å²) in [5, 5.41) is 6.14. The van der Waals surface area contributed by atoms with Crippen molar-refractivity contribution in [1.29, 1.82) is 0 Å². The lowest BCUT2D eigenvalue weighted by molar-refractivity contribution is -0.132. The van der Waals surface area contributed by atoms with Gasteiger partial charge in [0, 0.05) is 32.2 Å². The lowest BCUT2D eigenvalue weighted by Crippen LogP contribution is -2.48. The van der Waals surface area contributed by atoms with Crippen molar-refractivity contribution in [3.63, 3.8) is 0 Å². The molecule has 2 N–H and O–H groups in total. The maximum atomic E-state index is 13.3. The maximum Gasteiger partial charge on any atom is 0.390 e. The smallest absolute Gasteiger partial charge is 0.357 e. The Morgan fingerprint density at radius 3 is 2.43 bits per heavy atom. The summed E-state index contributed by atoms with van der Waals surface area (Å²) >= 11 is 0. The van der Waals surface area contributed by atoms with Crippen molar-refractivity contribution in [3.8, 4) is 0 Å². The molecule has 160 valence electrons. The predicted octanol–water partition coefficient (Wildman–Crippen LogP) is 4.05. The number of piperidine rings is 1. The number of guanidine groups is 1. The highest BCUT2D eigenvalue weighted by atomic mass is 127. The summed E-state index contributed by atoms with van der Waals surface area (Å²) in [6, 6.07) is 4.00. The van der Waals surface area contributed by atoms with E-state index in [0.717, 1.165) is 32.0 Å². The fourth-order valence-electron chi connectivity index (χ4n) is 2.94. The number of nitrogens with zero attached hydrogens (tertiary/aromatic N) is 2. The van der Waals surface area contributed by atoms with Gasteiger partial charge in [-0.05, 0) is 37.5 Å². The summed E-state index contributed by atoms with van der Waals surface area (Å²) in [5.41, 5.74) is 0.711. The second-order valence-electron chi connectivity index (χ2n) is 6.57. The Morgan fingerprint density at radius 1 is 1.18 bits per heavy atom. The summed E-state index contributed by atoms with van der Waals surface area (Å²) in [7, 11) is 0. The monoisotopic (exact) mass is 520 g/mol. The van der Waals surface area contributed by atoms with Crippen molar-refractivity contribution in [2.24, 2.45) is 4.99 Å². The van der Waals surface area contributed by atoms with Crippen molar-refractivity contribution in [2.45, 2.75) is 44.9 Å². The van der Waals surface area contributed by atoms with E-state index in [1.165, 1.54) is 6.07 Å². The quantitative estimate of drug-likeness (QED) is 0.258. The summed E-state index contributed by atoms with van der Waals surface area (Å²) < 4.78 is 63.1. The highest BCUT2D eigenvalue weighted by Gasteiger charge is 2.26. The van der Waals surface area contributed by atoms with Crippen LogP contribution < -0.4 is 10.6 Å². The average molecular weight is 520 g/mol. The molecule has 2 rings (SSSR count). The topological polar surface area (TPSA) is 39.7 Å². The van der Waals surface area contributed by atoms with E-state index >= 15 is 0 Å². The van der Waals surface area contributed by atoms with Crippen molar-refractivity contribution >= 4 is 29.9 Å². The van der Waals surface area contributed by atoms with E-state index in [1.54, 1.807) is 6.07 Å². The van der Waals surface area contributed by atoms with Gasteiger partial charge in [0.15, 0.2) is 17.6 Å². The first-order chi connectivity index (χ1) is 12.8. The molecule has 0 aliphatic carbocycles. The first kappa shape index (κ1) is 24.9. The molecule has 1 aromatic carbocycles. The Morgan fingerprint density at radius 2 is 1.86 bits per heavy atom. The van der Waals surface area contributed by atoms with Crippen LogP contribution in [0.1, 0.15) is 31.7 Å². The molecule has 0 amide bonds. The summed E-state index contributed by atoms with van der Waals surface area (Å²) in [5.74, 6) is -1.32. The van der Waals surface area contributed by atoms with Gasteiger partial charge in [-0.1, -0.05) is 6.07 Å². The molecule has 0 bridgehead atoms. The van der Waals surface area contributed by atoms with E-state index in [2.05, 4.69) is 20.5 Å². The summed E-state index contributed by atoms with van der Waals surface area (Å²) in [4.78, 5) is 6.12. The molecule has 1 heterocycles. The molecule has 1 aliphatic heterocycles. The zero-order valence-electron chi connectivity index (χ0n) is 15.7. The largest absolute Gasteiger partial charge is 0.390 e. The van der Waals surface area contributed by atoms with E-state index in [-0.39, 0.29) is 36.6 Å². The van der Waals surface area contributed by atoms with Crippen molar-refractivity contribution in [1.82, 2.24) is 15.5 Å². The Balaban J connectivity index is 0.00000392. The van der Waals surface area contributed by atoms with Crippen molar-refractivity contribution in [3.05, 3.63) is 35.4 Å². The first-order valence-electron chi connectivity index (χ1n) is 9.04. The zero-order valence-corrected chi connectivity index (χ0v) is 18.0. The van der Waals surface area contributed by atoms with Crippen LogP contribution in [0.2, 0.25) is 0 Å². The van der Waals surface area contributed by atoms with E-state index in [1.807, 2.05) is 6.92 Å². The van der Waals surface area contributed by atoms with Crippen molar-refractivity contribution < 1.29 is 22.0 Å². The SMILES string of the molecule is CCNC(=NCCC(F)(F)F)NC1CCN(Cc2ccc(F)c(F)c2)CC1.I. The van der Waals surface area contributed by atoms with Gasteiger partial charge in [0.2, 0.25) is 0 Å². The molecule has 1 saturated heterocycles. The fraction of sp³-hybridized carbons (Fsp3) is 0.611. The fourth-order valence-corrected chi connectivity index (χ4v) is 2.94. The molecule has 0 spiro atoms.